The van der Waals surface area contributed by atoms with Crippen molar-refractivity contribution < 1.29 is 32.7 Å². The number of hydrogen-bond acceptors (Lipinski definition) is 1. The van der Waals surface area contributed by atoms with Gasteiger partial charge in [0.1, 0.15) is 0 Å². The molecule has 0 amide bonds. The molecule has 1 N–H and O–H groups in total. The molecule has 0 saturated heterocycles. The third kappa shape index (κ3) is 5.79. The number of nitrogens with zero attached hydrogens (tertiary/aromatic N) is 1. The molecular formula is C16H21BrN2Y-2. The smallest absolute Gasteiger partial charge is 0.0424 e. The van der Waals surface area contributed by atoms with Crippen molar-refractivity contribution in [2.45, 2.75) is 34.6 Å². The summed E-state index contributed by atoms with van der Waals surface area (Å²) < 4.78 is 0.880. The summed E-state index contributed by atoms with van der Waals surface area (Å²) in [5.41, 5.74) is 8.59. The van der Waals surface area contributed by atoms with Gasteiger partial charge in [-0.2, -0.15) is 19.3 Å². The predicted octanol–water partition coefficient (Wildman–Crippen LogP) is 6.33. The maximum absolute atomic E-state index is 7.65. The number of halogens is 1. The Kier molecular flexibility index (Phi) is 8.46. The van der Waals surface area contributed by atoms with E-state index in [4.69, 9.17) is 5.73 Å². The number of nitrogens with one attached hydrogen (secondary N) is 1. The van der Waals surface area contributed by atoms with E-state index in [1.807, 2.05) is 12.1 Å². The van der Waals surface area contributed by atoms with Crippen molar-refractivity contribution in [3.05, 3.63) is 46.7 Å². The maximum Gasteiger partial charge on any atom is 0.0424 e. The second kappa shape index (κ2) is 8.45. The summed E-state index contributed by atoms with van der Waals surface area (Å²) in [5, 5.41) is 1.92. The van der Waals surface area contributed by atoms with Crippen LogP contribution in [0.15, 0.2) is 35.1 Å². The Balaban J connectivity index is 0.000000396. The third-order valence-corrected chi connectivity index (χ3v) is 3.84. The number of benzene rings is 1. The maximum atomic E-state index is 7.65. The molecule has 0 fully saturated rings. The molecule has 107 valence electrons. The summed E-state index contributed by atoms with van der Waals surface area (Å²) in [6.45, 7) is 11.0. The van der Waals surface area contributed by atoms with E-state index in [9.17, 15) is 0 Å². The fraction of sp³-hybridized carbons (Fsp3) is 0.375. The van der Waals surface area contributed by atoms with E-state index in [-0.39, 0.29) is 32.7 Å². The van der Waals surface area contributed by atoms with Gasteiger partial charge in [-0.25, -0.2) is 0 Å². The first-order valence-electron chi connectivity index (χ1n) is 6.28. The van der Waals surface area contributed by atoms with Gasteiger partial charge in [-0.3, -0.25) is 4.98 Å². The Hall–Kier alpha value is 0.0139. The number of pyridine rings is 1. The molecule has 2 rings (SSSR count). The molecule has 0 saturated carbocycles. The molecule has 20 heavy (non-hydrogen) atoms. The van der Waals surface area contributed by atoms with E-state index in [2.05, 4.69) is 55.5 Å². The summed E-state index contributed by atoms with van der Waals surface area (Å²) in [7, 11) is 0. The van der Waals surface area contributed by atoms with Crippen molar-refractivity contribution in [2.24, 2.45) is 5.41 Å². The standard InChI is InChI=1S/C9H6BrN2.C7H15.Y/c10-7-5-12-4-6-2-1-3-8(11)9(6)7;1-6(2)7(3,4)5;/h1-5,11H;1-5H3;/q2*-1;. The second-order valence-electron chi connectivity index (χ2n) is 5.78. The molecule has 2 nitrogen and oxygen atoms in total. The predicted molar refractivity (Wildman–Crippen MR) is 87.5 cm³/mol. The van der Waals surface area contributed by atoms with Gasteiger partial charge >= 0.3 is 0 Å². The van der Waals surface area contributed by atoms with Crippen LogP contribution in [-0.2, 0) is 32.7 Å². The van der Waals surface area contributed by atoms with Crippen LogP contribution in [0.3, 0.4) is 0 Å². The average molecular weight is 410 g/mol. The van der Waals surface area contributed by atoms with Gasteiger partial charge in [0.05, 0.1) is 0 Å². The quantitative estimate of drug-likeness (QED) is 0.468. The zero-order chi connectivity index (χ0) is 14.6. The van der Waals surface area contributed by atoms with Crippen LogP contribution < -0.4 is 0 Å². The van der Waals surface area contributed by atoms with E-state index in [0.717, 1.165) is 15.2 Å². The van der Waals surface area contributed by atoms with Gasteiger partial charge in [0.15, 0.2) is 0 Å². The average Bonchev–Trinajstić information content (AvgIpc) is 2.28. The molecule has 0 bridgehead atoms. The SMILES string of the molecule is C[C-](C)C(C)(C)C.[NH-]c1cccc2cncc(Br)c12.[Y]. The summed E-state index contributed by atoms with van der Waals surface area (Å²) in [5.74, 6) is 1.49. The van der Waals surface area contributed by atoms with Gasteiger partial charge in [0.2, 0.25) is 0 Å². The molecule has 1 heterocycles. The van der Waals surface area contributed by atoms with Crippen molar-refractivity contribution in [3.63, 3.8) is 0 Å². The molecule has 1 radical (unpaired) electrons. The Morgan fingerprint density at radius 3 is 2.15 bits per heavy atom. The van der Waals surface area contributed by atoms with Gasteiger partial charge in [-0.05, 0) is 26.7 Å². The fourth-order valence-electron chi connectivity index (χ4n) is 1.19. The van der Waals surface area contributed by atoms with E-state index in [1.54, 1.807) is 18.5 Å². The topological polar surface area (TPSA) is 36.7 Å². The Morgan fingerprint density at radius 1 is 1.15 bits per heavy atom. The monoisotopic (exact) mass is 409 g/mol. The van der Waals surface area contributed by atoms with Crippen molar-refractivity contribution >= 4 is 32.4 Å². The van der Waals surface area contributed by atoms with E-state index < -0.39 is 0 Å². The van der Waals surface area contributed by atoms with Crippen LogP contribution in [0, 0.1) is 11.3 Å². The van der Waals surface area contributed by atoms with Gasteiger partial charge in [-0.15, -0.1) is 5.69 Å². The molecule has 1 aromatic heterocycles. The van der Waals surface area contributed by atoms with Crippen LogP contribution in [-0.4, -0.2) is 4.98 Å². The molecule has 4 heteroatoms. The minimum absolute atomic E-state index is 0. The number of hydrogen-bond donors (Lipinski definition) is 0. The first kappa shape index (κ1) is 20.0. The molecule has 2 aromatic rings. The molecule has 0 aliphatic carbocycles. The molecular weight excluding hydrogens is 389 g/mol. The number of fused-ring (bicyclic) bond motifs is 1. The van der Waals surface area contributed by atoms with Crippen LogP contribution >= 0.6 is 15.9 Å². The minimum atomic E-state index is 0. The van der Waals surface area contributed by atoms with Crippen molar-refractivity contribution in [2.75, 3.05) is 0 Å². The van der Waals surface area contributed by atoms with Crippen LogP contribution in [0.2, 0.25) is 0 Å². The molecule has 0 aliphatic rings. The summed E-state index contributed by atoms with van der Waals surface area (Å²) >= 11 is 3.37. The summed E-state index contributed by atoms with van der Waals surface area (Å²) in [6, 6.07) is 5.58. The molecule has 1 aromatic carbocycles. The van der Waals surface area contributed by atoms with Crippen LogP contribution in [0.5, 0.6) is 0 Å². The normalized spacial score (nSPS) is 10.8. The van der Waals surface area contributed by atoms with Gasteiger partial charge in [-0.1, -0.05) is 39.0 Å². The summed E-state index contributed by atoms with van der Waals surface area (Å²) in [6.07, 6.45) is 3.47. The van der Waals surface area contributed by atoms with E-state index in [0.29, 0.717) is 11.1 Å². The van der Waals surface area contributed by atoms with Crippen molar-refractivity contribution in [3.8, 4) is 0 Å². The van der Waals surface area contributed by atoms with Crippen molar-refractivity contribution in [1.82, 2.24) is 4.98 Å². The largest absolute Gasteiger partial charge is 0.698 e. The van der Waals surface area contributed by atoms with Gasteiger partial charge in [0, 0.05) is 49.6 Å². The molecule has 0 aliphatic heterocycles. The minimum Gasteiger partial charge on any atom is -0.698 e. The Morgan fingerprint density at radius 2 is 1.70 bits per heavy atom. The van der Waals surface area contributed by atoms with Crippen LogP contribution in [0.1, 0.15) is 34.6 Å². The molecule has 0 unspecified atom stereocenters. The third-order valence-electron chi connectivity index (χ3n) is 3.24. The Bertz CT molecular complexity index is 511. The first-order valence-corrected chi connectivity index (χ1v) is 7.07. The van der Waals surface area contributed by atoms with Gasteiger partial charge in [0.25, 0.3) is 0 Å². The van der Waals surface area contributed by atoms with Gasteiger partial charge < -0.3 is 11.7 Å². The number of rotatable bonds is 0. The molecule has 0 spiro atoms. The summed E-state index contributed by atoms with van der Waals surface area (Å²) in [4.78, 5) is 4.02. The van der Waals surface area contributed by atoms with Crippen LogP contribution in [0.25, 0.3) is 16.5 Å². The zero-order valence-electron chi connectivity index (χ0n) is 12.8. The van der Waals surface area contributed by atoms with Crippen LogP contribution in [0.4, 0.5) is 5.69 Å². The number of aromatic nitrogens is 1. The zero-order valence-corrected chi connectivity index (χ0v) is 17.2. The van der Waals surface area contributed by atoms with E-state index in [1.165, 1.54) is 5.92 Å². The Labute approximate surface area is 155 Å². The fourth-order valence-corrected chi connectivity index (χ4v) is 1.75. The van der Waals surface area contributed by atoms with E-state index >= 15 is 0 Å². The second-order valence-corrected chi connectivity index (χ2v) is 6.63. The molecule has 0 atom stereocenters. The first-order chi connectivity index (χ1) is 8.73. The van der Waals surface area contributed by atoms with Crippen molar-refractivity contribution in [1.29, 1.82) is 0 Å².